The molecule has 0 radical (unpaired) electrons. The van der Waals surface area contributed by atoms with Crippen LogP contribution in [0.15, 0.2) is 18.5 Å². The number of fused-ring (bicyclic) bond motifs is 1. The lowest BCUT2D eigenvalue weighted by Gasteiger charge is -2.41. The van der Waals surface area contributed by atoms with Gasteiger partial charge < -0.3 is 10.4 Å². The second-order valence-electron chi connectivity index (χ2n) is 4.81. The summed E-state index contributed by atoms with van der Waals surface area (Å²) >= 11 is 0. The summed E-state index contributed by atoms with van der Waals surface area (Å²) < 4.78 is 1.81. The second kappa shape index (κ2) is 3.70. The number of hydrogen-bond acceptors (Lipinski definition) is 4. The summed E-state index contributed by atoms with van der Waals surface area (Å²) in [5.41, 5.74) is 1.75. The van der Waals surface area contributed by atoms with Crippen LogP contribution in [0.1, 0.15) is 25.0 Å². The molecule has 2 aromatic rings. The third-order valence-electron chi connectivity index (χ3n) is 3.51. The Kier molecular flexibility index (Phi) is 2.29. The van der Waals surface area contributed by atoms with Crippen molar-refractivity contribution in [1.82, 2.24) is 14.6 Å². The Balaban J connectivity index is 1.99. The van der Waals surface area contributed by atoms with Gasteiger partial charge in [-0.05, 0) is 32.3 Å². The van der Waals surface area contributed by atoms with Gasteiger partial charge in [-0.2, -0.15) is 5.10 Å². The summed E-state index contributed by atoms with van der Waals surface area (Å²) in [4.78, 5) is 4.35. The molecule has 0 atom stereocenters. The molecule has 0 saturated heterocycles. The molecule has 0 amide bonds. The Morgan fingerprint density at radius 1 is 1.53 bits per heavy atom. The van der Waals surface area contributed by atoms with E-state index in [0.29, 0.717) is 0 Å². The molecule has 5 heteroatoms. The highest BCUT2D eigenvalue weighted by Gasteiger charge is 2.36. The molecule has 90 valence electrons. The Morgan fingerprint density at radius 2 is 2.35 bits per heavy atom. The number of hydrogen-bond donors (Lipinski definition) is 2. The average Bonchev–Trinajstić information content (AvgIpc) is 2.64. The van der Waals surface area contributed by atoms with E-state index in [9.17, 15) is 5.11 Å². The van der Waals surface area contributed by atoms with Crippen LogP contribution in [0.25, 0.3) is 5.52 Å². The maximum Gasteiger partial charge on any atom is 0.152 e. The van der Waals surface area contributed by atoms with E-state index in [1.54, 1.807) is 6.20 Å². The van der Waals surface area contributed by atoms with Gasteiger partial charge in [0, 0.05) is 12.4 Å². The van der Waals surface area contributed by atoms with Gasteiger partial charge in [-0.15, -0.1) is 0 Å². The molecule has 0 aliphatic heterocycles. The first kappa shape index (κ1) is 10.5. The number of nitrogens with zero attached hydrogens (tertiary/aromatic N) is 3. The topological polar surface area (TPSA) is 62.5 Å². The van der Waals surface area contributed by atoms with Crippen molar-refractivity contribution in [2.24, 2.45) is 0 Å². The normalized spacial score (nSPS) is 18.0. The summed E-state index contributed by atoms with van der Waals surface area (Å²) in [5.74, 6) is 0.807. The predicted octanol–water partition coefficient (Wildman–Crippen LogP) is 1.36. The fraction of sp³-hybridized carbons (Fsp3) is 0.500. The fourth-order valence-electron chi connectivity index (χ4n) is 2.32. The first-order chi connectivity index (χ1) is 8.22. The molecular weight excluding hydrogens is 216 g/mol. The Labute approximate surface area is 99.5 Å². The highest BCUT2D eigenvalue weighted by Crippen LogP contribution is 2.35. The van der Waals surface area contributed by atoms with Gasteiger partial charge in [0.2, 0.25) is 0 Å². The third-order valence-corrected chi connectivity index (χ3v) is 3.51. The maximum absolute atomic E-state index is 9.46. The van der Waals surface area contributed by atoms with Crippen LogP contribution in [-0.2, 0) is 0 Å². The standard InChI is InChI=1S/C12H16N4O/c1-9-7-10-11(13-5-6-16(10)15-9)14-12(8-17)3-2-4-12/h5-7,17H,2-4,8H2,1H3,(H,13,14). The summed E-state index contributed by atoms with van der Waals surface area (Å²) in [7, 11) is 0. The number of aliphatic hydroxyl groups excluding tert-OH is 1. The minimum absolute atomic E-state index is 0.156. The van der Waals surface area contributed by atoms with E-state index in [0.717, 1.165) is 36.3 Å². The Hall–Kier alpha value is -1.62. The van der Waals surface area contributed by atoms with E-state index in [1.165, 1.54) is 0 Å². The molecule has 5 nitrogen and oxygen atoms in total. The molecule has 0 unspecified atom stereocenters. The number of aromatic nitrogens is 3. The molecule has 3 rings (SSSR count). The molecule has 2 heterocycles. The summed E-state index contributed by atoms with van der Waals surface area (Å²) in [5, 5.41) is 17.2. The van der Waals surface area contributed by atoms with Crippen molar-refractivity contribution in [3.63, 3.8) is 0 Å². The van der Waals surface area contributed by atoms with E-state index in [2.05, 4.69) is 15.4 Å². The minimum Gasteiger partial charge on any atom is -0.394 e. The maximum atomic E-state index is 9.46. The van der Waals surface area contributed by atoms with Crippen LogP contribution >= 0.6 is 0 Å². The fourth-order valence-corrected chi connectivity index (χ4v) is 2.32. The van der Waals surface area contributed by atoms with Gasteiger partial charge in [0.25, 0.3) is 0 Å². The van der Waals surface area contributed by atoms with Gasteiger partial charge in [-0.1, -0.05) is 0 Å². The molecule has 1 aliphatic carbocycles. The molecule has 1 fully saturated rings. The predicted molar refractivity (Wildman–Crippen MR) is 65.0 cm³/mol. The van der Waals surface area contributed by atoms with Crippen molar-refractivity contribution in [2.75, 3.05) is 11.9 Å². The van der Waals surface area contributed by atoms with E-state index in [-0.39, 0.29) is 12.1 Å². The van der Waals surface area contributed by atoms with Crippen molar-refractivity contribution in [2.45, 2.75) is 31.7 Å². The highest BCUT2D eigenvalue weighted by molar-refractivity contribution is 5.68. The van der Waals surface area contributed by atoms with Crippen LogP contribution in [0.5, 0.6) is 0 Å². The smallest absolute Gasteiger partial charge is 0.152 e. The molecule has 2 aromatic heterocycles. The van der Waals surface area contributed by atoms with Crippen LogP contribution in [0.3, 0.4) is 0 Å². The zero-order chi connectivity index (χ0) is 11.9. The van der Waals surface area contributed by atoms with Crippen molar-refractivity contribution in [3.05, 3.63) is 24.2 Å². The molecule has 1 saturated carbocycles. The molecule has 0 aromatic carbocycles. The summed E-state index contributed by atoms with van der Waals surface area (Å²) in [6.45, 7) is 2.12. The van der Waals surface area contributed by atoms with Gasteiger partial charge in [-0.25, -0.2) is 9.50 Å². The first-order valence-electron chi connectivity index (χ1n) is 5.92. The number of nitrogens with one attached hydrogen (secondary N) is 1. The van der Waals surface area contributed by atoms with Crippen molar-refractivity contribution in [1.29, 1.82) is 0 Å². The van der Waals surface area contributed by atoms with Crippen molar-refractivity contribution in [3.8, 4) is 0 Å². The summed E-state index contributed by atoms with van der Waals surface area (Å²) in [6.07, 6.45) is 6.72. The van der Waals surface area contributed by atoms with E-state index < -0.39 is 0 Å². The van der Waals surface area contributed by atoms with E-state index in [4.69, 9.17) is 0 Å². The molecule has 0 bridgehead atoms. The molecule has 17 heavy (non-hydrogen) atoms. The quantitative estimate of drug-likeness (QED) is 0.839. The largest absolute Gasteiger partial charge is 0.394 e. The SMILES string of the molecule is Cc1cc2c(NC3(CO)CCC3)nccn2n1. The van der Waals surface area contributed by atoms with Gasteiger partial charge >= 0.3 is 0 Å². The summed E-state index contributed by atoms with van der Waals surface area (Å²) in [6, 6.07) is 2.00. The van der Waals surface area contributed by atoms with E-state index in [1.807, 2.05) is 23.7 Å². The van der Waals surface area contributed by atoms with Crippen LogP contribution in [-0.4, -0.2) is 31.9 Å². The van der Waals surface area contributed by atoms with Crippen molar-refractivity contribution >= 4 is 11.3 Å². The minimum atomic E-state index is -0.174. The van der Waals surface area contributed by atoms with Crippen LogP contribution in [0, 0.1) is 6.92 Å². The number of rotatable bonds is 3. The van der Waals surface area contributed by atoms with Crippen LogP contribution < -0.4 is 5.32 Å². The van der Waals surface area contributed by atoms with Crippen LogP contribution in [0.2, 0.25) is 0 Å². The molecule has 2 N–H and O–H groups in total. The highest BCUT2D eigenvalue weighted by atomic mass is 16.3. The Morgan fingerprint density at radius 3 is 3.00 bits per heavy atom. The lowest BCUT2D eigenvalue weighted by molar-refractivity contribution is 0.144. The van der Waals surface area contributed by atoms with Gasteiger partial charge in [-0.3, -0.25) is 0 Å². The zero-order valence-corrected chi connectivity index (χ0v) is 9.85. The van der Waals surface area contributed by atoms with Crippen LogP contribution in [0.4, 0.5) is 5.82 Å². The lowest BCUT2D eigenvalue weighted by atomic mass is 9.77. The molecular formula is C12H16N4O. The Bertz CT molecular complexity index is 539. The monoisotopic (exact) mass is 232 g/mol. The lowest BCUT2D eigenvalue weighted by Crippen LogP contribution is -2.48. The average molecular weight is 232 g/mol. The second-order valence-corrected chi connectivity index (χ2v) is 4.81. The number of aryl methyl sites for hydroxylation is 1. The van der Waals surface area contributed by atoms with Gasteiger partial charge in [0.1, 0.15) is 5.52 Å². The zero-order valence-electron chi connectivity index (χ0n) is 9.85. The van der Waals surface area contributed by atoms with Crippen molar-refractivity contribution < 1.29 is 5.11 Å². The number of aliphatic hydroxyl groups is 1. The van der Waals surface area contributed by atoms with Gasteiger partial charge in [0.15, 0.2) is 5.82 Å². The molecule has 0 spiro atoms. The first-order valence-corrected chi connectivity index (χ1v) is 5.92. The van der Waals surface area contributed by atoms with Gasteiger partial charge in [0.05, 0.1) is 17.8 Å². The van der Waals surface area contributed by atoms with E-state index >= 15 is 0 Å². The third kappa shape index (κ3) is 1.67. The number of anilines is 1. The molecule has 1 aliphatic rings.